The number of ketones is 1. The van der Waals surface area contributed by atoms with E-state index in [9.17, 15) is 18.0 Å². The van der Waals surface area contributed by atoms with E-state index in [1.54, 1.807) is 13.2 Å². The first-order valence-electron chi connectivity index (χ1n) is 10.7. The molecule has 0 spiro atoms. The van der Waals surface area contributed by atoms with E-state index in [-0.39, 0.29) is 22.8 Å². The van der Waals surface area contributed by atoms with Crippen molar-refractivity contribution in [1.29, 1.82) is 0 Å². The van der Waals surface area contributed by atoms with Crippen LogP contribution in [-0.2, 0) is 26.0 Å². The molecule has 1 aliphatic rings. The summed E-state index contributed by atoms with van der Waals surface area (Å²) in [6.45, 7) is 5.56. The number of nitrogens with zero attached hydrogens (tertiary/aromatic N) is 2. The molecule has 2 aromatic rings. The summed E-state index contributed by atoms with van der Waals surface area (Å²) >= 11 is 0. The van der Waals surface area contributed by atoms with Crippen LogP contribution in [0.1, 0.15) is 51.4 Å². The van der Waals surface area contributed by atoms with Crippen LogP contribution in [0.15, 0.2) is 35.2 Å². The maximum Gasteiger partial charge on any atom is 0.338 e. The van der Waals surface area contributed by atoms with Crippen LogP contribution in [-0.4, -0.2) is 62.5 Å². The Hall–Kier alpha value is -2.49. The number of carbonyl (C=O) groups excluding carboxylic acids is 2. The van der Waals surface area contributed by atoms with Crippen LogP contribution in [0.4, 0.5) is 0 Å². The molecular weight excluding hydrogens is 432 g/mol. The van der Waals surface area contributed by atoms with E-state index in [2.05, 4.69) is 0 Å². The molecule has 1 fully saturated rings. The maximum atomic E-state index is 12.7. The average Bonchev–Trinajstić information content (AvgIpc) is 3.09. The molecule has 0 bridgehead atoms. The standard InChI is InChI=1S/C23H30N2O6S/c1-17-15-21(18(2)25(17)13-14-30-3)22(26)16-31-23(27)19-7-9-20(10-8-19)32(28,29)24-11-5-4-6-12-24/h7-10,15H,4-6,11-14,16H2,1-3H3. The molecule has 1 aliphatic heterocycles. The summed E-state index contributed by atoms with van der Waals surface area (Å²) in [5.74, 6) is -0.965. The van der Waals surface area contributed by atoms with Gasteiger partial charge in [0.15, 0.2) is 6.61 Å². The fraction of sp³-hybridized carbons (Fsp3) is 0.478. The second kappa shape index (κ2) is 10.4. The summed E-state index contributed by atoms with van der Waals surface area (Å²) < 4.78 is 39.2. The number of rotatable bonds is 9. The Morgan fingerprint density at radius 3 is 2.31 bits per heavy atom. The molecule has 0 aliphatic carbocycles. The zero-order chi connectivity index (χ0) is 23.3. The van der Waals surface area contributed by atoms with E-state index in [0.717, 1.165) is 30.7 Å². The zero-order valence-electron chi connectivity index (χ0n) is 18.8. The van der Waals surface area contributed by atoms with Gasteiger partial charge in [-0.1, -0.05) is 6.42 Å². The van der Waals surface area contributed by atoms with Crippen molar-refractivity contribution in [3.63, 3.8) is 0 Å². The molecule has 0 amide bonds. The lowest BCUT2D eigenvalue weighted by molar-refractivity contribution is 0.0474. The van der Waals surface area contributed by atoms with Crippen LogP contribution >= 0.6 is 0 Å². The highest BCUT2D eigenvalue weighted by Gasteiger charge is 2.26. The fourth-order valence-electron chi connectivity index (χ4n) is 3.92. The van der Waals surface area contributed by atoms with Crippen LogP contribution in [0, 0.1) is 13.8 Å². The molecule has 174 valence electrons. The minimum Gasteiger partial charge on any atom is -0.454 e. The Morgan fingerprint density at radius 2 is 1.69 bits per heavy atom. The zero-order valence-corrected chi connectivity index (χ0v) is 19.6. The highest BCUT2D eigenvalue weighted by Crippen LogP contribution is 2.21. The number of hydrogen-bond acceptors (Lipinski definition) is 6. The van der Waals surface area contributed by atoms with Crippen molar-refractivity contribution < 1.29 is 27.5 Å². The molecular formula is C23H30N2O6S. The van der Waals surface area contributed by atoms with E-state index < -0.39 is 16.0 Å². The van der Waals surface area contributed by atoms with Gasteiger partial charge in [-0.2, -0.15) is 4.31 Å². The topological polar surface area (TPSA) is 94.9 Å². The van der Waals surface area contributed by atoms with Crippen LogP contribution in [0.2, 0.25) is 0 Å². The Kier molecular flexibility index (Phi) is 7.86. The van der Waals surface area contributed by atoms with Gasteiger partial charge in [-0.3, -0.25) is 4.79 Å². The molecule has 0 radical (unpaired) electrons. The molecule has 0 N–H and O–H groups in total. The summed E-state index contributed by atoms with van der Waals surface area (Å²) in [4.78, 5) is 25.1. The smallest absolute Gasteiger partial charge is 0.338 e. The lowest BCUT2D eigenvalue weighted by Gasteiger charge is -2.25. The number of hydrogen-bond donors (Lipinski definition) is 0. The Bertz CT molecular complexity index is 1070. The van der Waals surface area contributed by atoms with Crippen LogP contribution < -0.4 is 0 Å². The third kappa shape index (κ3) is 5.28. The van der Waals surface area contributed by atoms with Crippen LogP contribution in [0.25, 0.3) is 0 Å². The first-order chi connectivity index (χ1) is 15.3. The summed E-state index contributed by atoms with van der Waals surface area (Å²) in [6, 6.07) is 7.43. The van der Waals surface area contributed by atoms with E-state index in [1.165, 1.54) is 28.6 Å². The number of esters is 1. The van der Waals surface area contributed by atoms with Crippen LogP contribution in [0.3, 0.4) is 0 Å². The molecule has 1 aromatic heterocycles. The highest BCUT2D eigenvalue weighted by molar-refractivity contribution is 7.89. The van der Waals surface area contributed by atoms with Crippen molar-refractivity contribution in [3.05, 3.63) is 52.8 Å². The van der Waals surface area contributed by atoms with Crippen molar-refractivity contribution in [1.82, 2.24) is 8.87 Å². The number of ether oxygens (including phenoxy) is 2. The molecule has 1 saturated heterocycles. The summed E-state index contributed by atoms with van der Waals surface area (Å²) in [5.41, 5.74) is 2.43. The van der Waals surface area contributed by atoms with Gasteiger partial charge in [-0.25, -0.2) is 13.2 Å². The van der Waals surface area contributed by atoms with Gasteiger partial charge in [0.05, 0.1) is 17.1 Å². The number of aryl methyl sites for hydroxylation is 1. The Morgan fingerprint density at radius 1 is 1.03 bits per heavy atom. The van der Waals surface area contributed by atoms with Gasteiger partial charge >= 0.3 is 5.97 Å². The fourth-order valence-corrected chi connectivity index (χ4v) is 5.44. The average molecular weight is 463 g/mol. The highest BCUT2D eigenvalue weighted by atomic mass is 32.2. The lowest BCUT2D eigenvalue weighted by atomic mass is 10.1. The molecule has 2 heterocycles. The van der Waals surface area contributed by atoms with Crippen LogP contribution in [0.5, 0.6) is 0 Å². The Labute approximate surface area is 189 Å². The molecule has 1 aromatic carbocycles. The number of carbonyl (C=O) groups is 2. The third-order valence-electron chi connectivity index (χ3n) is 5.77. The molecule has 3 rings (SSSR count). The number of aromatic nitrogens is 1. The van der Waals surface area contributed by atoms with E-state index in [1.807, 2.05) is 18.4 Å². The summed E-state index contributed by atoms with van der Waals surface area (Å²) in [5, 5.41) is 0. The van der Waals surface area contributed by atoms with Crippen molar-refractivity contribution in [2.24, 2.45) is 0 Å². The van der Waals surface area contributed by atoms with E-state index in [0.29, 0.717) is 31.8 Å². The SMILES string of the molecule is COCCn1c(C)cc(C(=O)COC(=O)c2ccc(S(=O)(=O)N3CCCCC3)cc2)c1C. The van der Waals surface area contributed by atoms with Gasteiger partial charge < -0.3 is 14.0 Å². The number of benzene rings is 1. The van der Waals surface area contributed by atoms with Crippen molar-refractivity contribution in [3.8, 4) is 0 Å². The molecule has 9 heteroatoms. The minimum atomic E-state index is -3.56. The van der Waals surface area contributed by atoms with Gasteiger partial charge in [0.25, 0.3) is 0 Å². The van der Waals surface area contributed by atoms with E-state index in [4.69, 9.17) is 9.47 Å². The van der Waals surface area contributed by atoms with Crippen molar-refractivity contribution >= 4 is 21.8 Å². The Balaban J connectivity index is 1.62. The molecule has 0 saturated carbocycles. The van der Waals surface area contributed by atoms with Gasteiger partial charge in [0, 0.05) is 43.7 Å². The van der Waals surface area contributed by atoms with Crippen molar-refractivity contribution in [2.75, 3.05) is 33.4 Å². The van der Waals surface area contributed by atoms with E-state index >= 15 is 0 Å². The number of piperidine rings is 1. The quantitative estimate of drug-likeness (QED) is 0.420. The normalized spacial score (nSPS) is 15.0. The maximum absolute atomic E-state index is 12.7. The first kappa shape index (κ1) is 24.2. The number of sulfonamides is 1. The summed E-state index contributed by atoms with van der Waals surface area (Å²) in [7, 11) is -1.94. The predicted octanol–water partition coefficient (Wildman–Crippen LogP) is 2.97. The molecule has 0 unspecified atom stereocenters. The molecule has 0 atom stereocenters. The monoisotopic (exact) mass is 462 g/mol. The number of Topliss-reactive ketones (excluding diaryl/α,β-unsaturated/α-hetero) is 1. The largest absolute Gasteiger partial charge is 0.454 e. The number of methoxy groups -OCH3 is 1. The van der Waals surface area contributed by atoms with Gasteiger partial charge in [0.1, 0.15) is 0 Å². The minimum absolute atomic E-state index is 0.149. The second-order valence-electron chi connectivity index (χ2n) is 7.92. The predicted molar refractivity (Wildman–Crippen MR) is 119 cm³/mol. The molecule has 8 nitrogen and oxygen atoms in total. The first-order valence-corrected chi connectivity index (χ1v) is 12.2. The third-order valence-corrected chi connectivity index (χ3v) is 7.68. The van der Waals surface area contributed by atoms with Gasteiger partial charge in [0.2, 0.25) is 15.8 Å². The van der Waals surface area contributed by atoms with Gasteiger partial charge in [-0.15, -0.1) is 0 Å². The lowest BCUT2D eigenvalue weighted by Crippen LogP contribution is -2.35. The summed E-state index contributed by atoms with van der Waals surface area (Å²) in [6.07, 6.45) is 2.74. The second-order valence-corrected chi connectivity index (χ2v) is 9.86. The van der Waals surface area contributed by atoms with Crippen molar-refractivity contribution in [2.45, 2.75) is 44.6 Å². The molecule has 32 heavy (non-hydrogen) atoms. The van der Waals surface area contributed by atoms with Gasteiger partial charge in [-0.05, 0) is 57.0 Å².